The number of hydrogen-bond acceptors (Lipinski definition) is 6. The Bertz CT molecular complexity index is 1310. The molecule has 182 valence electrons. The second kappa shape index (κ2) is 11.4. The highest BCUT2D eigenvalue weighted by atomic mass is 35.5. The summed E-state index contributed by atoms with van der Waals surface area (Å²) < 4.78 is 11.0. The van der Waals surface area contributed by atoms with Gasteiger partial charge in [0.1, 0.15) is 16.5 Å². The Morgan fingerprint density at radius 3 is 2.77 bits per heavy atom. The van der Waals surface area contributed by atoms with E-state index in [9.17, 15) is 9.59 Å². The standard InChI is InChI=1S/C25H22Cl2N2O4S2/c1-2-32-24(31)22-17-5-3-4-6-20(17)35-23(22)29-25(34)28-21(30)12-9-15-8-11-19(33-15)16-10-7-14(26)13-18(16)27/h7-13H,2-6H2,1H3,(H2,28,29,30,34)/b12-9+. The first-order valence-corrected chi connectivity index (χ1v) is 13.0. The van der Waals surface area contributed by atoms with Crippen molar-refractivity contribution in [2.24, 2.45) is 0 Å². The fourth-order valence-corrected chi connectivity index (χ4v) is 5.85. The lowest BCUT2D eigenvalue weighted by atomic mass is 9.95. The van der Waals surface area contributed by atoms with Gasteiger partial charge < -0.3 is 14.5 Å². The fraction of sp³-hybridized carbons (Fsp3) is 0.240. The van der Waals surface area contributed by atoms with E-state index in [0.717, 1.165) is 36.1 Å². The Morgan fingerprint density at radius 1 is 1.20 bits per heavy atom. The fourth-order valence-electron chi connectivity index (χ4n) is 3.80. The van der Waals surface area contributed by atoms with Gasteiger partial charge >= 0.3 is 5.97 Å². The van der Waals surface area contributed by atoms with Gasteiger partial charge in [-0.1, -0.05) is 23.2 Å². The number of aryl methyl sites for hydroxylation is 1. The first-order valence-electron chi connectivity index (χ1n) is 11.0. The van der Waals surface area contributed by atoms with Crippen LogP contribution in [-0.2, 0) is 22.4 Å². The van der Waals surface area contributed by atoms with Crippen LogP contribution in [0.25, 0.3) is 17.4 Å². The summed E-state index contributed by atoms with van der Waals surface area (Å²) in [5, 5.41) is 7.30. The second-order valence-electron chi connectivity index (χ2n) is 7.74. The van der Waals surface area contributed by atoms with Crippen LogP contribution in [0.2, 0.25) is 10.0 Å². The van der Waals surface area contributed by atoms with Crippen LogP contribution in [0, 0.1) is 0 Å². The van der Waals surface area contributed by atoms with Gasteiger partial charge in [-0.25, -0.2) is 4.79 Å². The third-order valence-corrected chi connectivity index (χ3v) is 7.30. The second-order valence-corrected chi connectivity index (χ2v) is 10.1. The van der Waals surface area contributed by atoms with E-state index in [2.05, 4.69) is 10.6 Å². The molecule has 35 heavy (non-hydrogen) atoms. The van der Waals surface area contributed by atoms with Crippen LogP contribution in [-0.4, -0.2) is 23.6 Å². The van der Waals surface area contributed by atoms with Crippen molar-refractivity contribution in [3.63, 3.8) is 0 Å². The summed E-state index contributed by atoms with van der Waals surface area (Å²) in [6.07, 6.45) is 6.70. The zero-order valence-corrected chi connectivity index (χ0v) is 21.9. The summed E-state index contributed by atoms with van der Waals surface area (Å²) in [6, 6.07) is 8.60. The Kier molecular flexibility index (Phi) is 8.28. The summed E-state index contributed by atoms with van der Waals surface area (Å²) in [6.45, 7) is 2.06. The van der Waals surface area contributed by atoms with Gasteiger partial charge in [-0.05, 0) is 86.8 Å². The third-order valence-electron chi connectivity index (χ3n) is 5.34. The molecular weight excluding hydrogens is 527 g/mol. The molecule has 0 bridgehead atoms. The highest BCUT2D eigenvalue weighted by Crippen LogP contribution is 2.38. The lowest BCUT2D eigenvalue weighted by Gasteiger charge is -2.12. The van der Waals surface area contributed by atoms with Crippen molar-refractivity contribution in [3.05, 3.63) is 68.2 Å². The largest absolute Gasteiger partial charge is 0.462 e. The summed E-state index contributed by atoms with van der Waals surface area (Å²) in [4.78, 5) is 26.1. The van der Waals surface area contributed by atoms with Gasteiger partial charge in [0.15, 0.2) is 5.11 Å². The van der Waals surface area contributed by atoms with Crippen LogP contribution in [0.4, 0.5) is 5.00 Å². The monoisotopic (exact) mass is 548 g/mol. The summed E-state index contributed by atoms with van der Waals surface area (Å²) >= 11 is 19.0. The number of furan rings is 1. The lowest BCUT2D eigenvalue weighted by Crippen LogP contribution is -2.33. The Balaban J connectivity index is 1.41. The number of ether oxygens (including phenoxy) is 1. The molecule has 0 saturated heterocycles. The molecule has 0 unspecified atom stereocenters. The maximum absolute atomic E-state index is 12.6. The van der Waals surface area contributed by atoms with Crippen LogP contribution in [0.3, 0.4) is 0 Å². The van der Waals surface area contributed by atoms with Gasteiger partial charge in [-0.3, -0.25) is 10.1 Å². The van der Waals surface area contributed by atoms with E-state index in [1.165, 1.54) is 23.5 Å². The van der Waals surface area contributed by atoms with Crippen LogP contribution in [0.1, 0.15) is 46.3 Å². The van der Waals surface area contributed by atoms with E-state index in [4.69, 9.17) is 44.6 Å². The van der Waals surface area contributed by atoms with Crippen LogP contribution >= 0.6 is 46.8 Å². The third kappa shape index (κ3) is 6.13. The maximum Gasteiger partial charge on any atom is 0.341 e. The maximum atomic E-state index is 12.6. The molecule has 1 amide bonds. The molecule has 6 nitrogen and oxygen atoms in total. The zero-order valence-electron chi connectivity index (χ0n) is 18.8. The SMILES string of the molecule is CCOC(=O)c1c(NC(=S)NC(=O)/C=C/c2ccc(-c3ccc(Cl)cc3Cl)o2)sc2c1CCCC2. The van der Waals surface area contributed by atoms with E-state index in [-0.39, 0.29) is 17.7 Å². The minimum Gasteiger partial charge on any atom is -0.462 e. The molecule has 4 rings (SSSR count). The number of anilines is 1. The summed E-state index contributed by atoms with van der Waals surface area (Å²) in [7, 11) is 0. The Hall–Kier alpha value is -2.65. The first-order chi connectivity index (χ1) is 16.9. The minimum atomic E-state index is -0.441. The number of thiocarbonyl (C=S) groups is 1. The number of fused-ring (bicyclic) bond motifs is 1. The number of thiophene rings is 1. The number of halogens is 2. The minimum absolute atomic E-state index is 0.0943. The molecule has 0 fully saturated rings. The molecular formula is C25H22Cl2N2O4S2. The smallest absolute Gasteiger partial charge is 0.341 e. The van der Waals surface area contributed by atoms with Crippen LogP contribution in [0.15, 0.2) is 40.8 Å². The first kappa shape index (κ1) is 25.4. The van der Waals surface area contributed by atoms with E-state index in [1.807, 2.05) is 0 Å². The van der Waals surface area contributed by atoms with Gasteiger partial charge in [0.2, 0.25) is 5.91 Å². The predicted octanol–water partition coefficient (Wildman–Crippen LogP) is 6.90. The molecule has 0 spiro atoms. The van der Waals surface area contributed by atoms with Crippen molar-refractivity contribution in [2.45, 2.75) is 32.6 Å². The number of rotatable bonds is 6. The van der Waals surface area contributed by atoms with Crippen LogP contribution in [0.5, 0.6) is 0 Å². The van der Waals surface area contributed by atoms with Gasteiger partial charge in [0, 0.05) is 21.5 Å². The van der Waals surface area contributed by atoms with E-state index < -0.39 is 5.91 Å². The zero-order chi connectivity index (χ0) is 24.9. The van der Waals surface area contributed by atoms with Crippen molar-refractivity contribution in [1.82, 2.24) is 5.32 Å². The van der Waals surface area contributed by atoms with Gasteiger partial charge in [-0.15, -0.1) is 11.3 Å². The molecule has 2 N–H and O–H groups in total. The molecule has 2 heterocycles. The molecule has 1 aliphatic rings. The molecule has 1 aromatic carbocycles. The van der Waals surface area contributed by atoms with Gasteiger partial charge in [-0.2, -0.15) is 0 Å². The van der Waals surface area contributed by atoms with Crippen molar-refractivity contribution in [2.75, 3.05) is 11.9 Å². The van der Waals surface area contributed by atoms with Crippen molar-refractivity contribution < 1.29 is 18.7 Å². The van der Waals surface area contributed by atoms with E-state index in [1.54, 1.807) is 37.3 Å². The molecule has 1 aliphatic carbocycles. The normalized spacial score (nSPS) is 12.9. The highest BCUT2D eigenvalue weighted by Gasteiger charge is 2.26. The highest BCUT2D eigenvalue weighted by molar-refractivity contribution is 7.80. The van der Waals surface area contributed by atoms with Crippen molar-refractivity contribution in [1.29, 1.82) is 0 Å². The predicted molar refractivity (Wildman–Crippen MR) is 144 cm³/mol. The topological polar surface area (TPSA) is 80.6 Å². The lowest BCUT2D eigenvalue weighted by molar-refractivity contribution is -0.115. The quantitative estimate of drug-likeness (QED) is 0.198. The molecule has 0 radical (unpaired) electrons. The molecule has 2 aromatic heterocycles. The number of benzene rings is 1. The molecule has 3 aromatic rings. The number of esters is 1. The average molecular weight is 550 g/mol. The van der Waals surface area contributed by atoms with Gasteiger partial charge in [0.25, 0.3) is 0 Å². The summed E-state index contributed by atoms with van der Waals surface area (Å²) in [5.41, 5.74) is 2.23. The average Bonchev–Trinajstić information content (AvgIpc) is 3.42. The van der Waals surface area contributed by atoms with E-state index in [0.29, 0.717) is 37.7 Å². The summed E-state index contributed by atoms with van der Waals surface area (Å²) in [5.74, 6) is 0.203. The number of hydrogen-bond donors (Lipinski definition) is 2. The van der Waals surface area contributed by atoms with E-state index >= 15 is 0 Å². The Morgan fingerprint density at radius 2 is 2.00 bits per heavy atom. The number of nitrogens with one attached hydrogen (secondary N) is 2. The molecule has 0 aliphatic heterocycles. The number of carbonyl (C=O) groups excluding carboxylic acids is 2. The van der Waals surface area contributed by atoms with Crippen molar-refractivity contribution >= 4 is 74.8 Å². The molecule has 0 saturated carbocycles. The van der Waals surface area contributed by atoms with Crippen LogP contribution < -0.4 is 10.6 Å². The van der Waals surface area contributed by atoms with Gasteiger partial charge in [0.05, 0.1) is 17.2 Å². The Labute approximate surface area is 222 Å². The molecule has 0 atom stereocenters. The van der Waals surface area contributed by atoms with Crippen molar-refractivity contribution in [3.8, 4) is 11.3 Å². The molecule has 10 heteroatoms. The number of carbonyl (C=O) groups is 2. The number of amides is 1.